The third-order valence-corrected chi connectivity index (χ3v) is 3.15. The summed E-state index contributed by atoms with van der Waals surface area (Å²) in [7, 11) is 2.24. The number of likely N-dealkylation sites (N-methyl/N-ethyl adjacent to an activating group) is 1. The second-order valence-corrected chi connectivity index (χ2v) is 5.34. The Balaban J connectivity index is 2.05. The topological polar surface area (TPSA) is 6.48 Å². The molecule has 0 unspecified atom stereocenters. The highest BCUT2D eigenvalue weighted by atomic mass is 15.4. The number of fused-ring (bicyclic) bond motifs is 2. The van der Waals surface area contributed by atoms with E-state index in [0.717, 1.165) is 12.1 Å². The summed E-state index contributed by atoms with van der Waals surface area (Å²) in [6, 6.07) is 1.68. The molecule has 0 spiro atoms. The summed E-state index contributed by atoms with van der Waals surface area (Å²) in [6.07, 6.45) is 1.43. The molecule has 0 aromatic heterocycles. The van der Waals surface area contributed by atoms with Crippen LogP contribution in [0.4, 0.5) is 0 Å². The summed E-state index contributed by atoms with van der Waals surface area (Å²) >= 11 is 0. The fraction of sp³-hybridized carbons (Fsp3) is 1.00. The van der Waals surface area contributed by atoms with Crippen LogP contribution in [-0.2, 0) is 0 Å². The van der Waals surface area contributed by atoms with Gasteiger partial charge >= 0.3 is 0 Å². The van der Waals surface area contributed by atoms with Gasteiger partial charge in [0.2, 0.25) is 0 Å². The van der Waals surface area contributed by atoms with Gasteiger partial charge in [0.15, 0.2) is 0 Å². The lowest BCUT2D eigenvalue weighted by Gasteiger charge is -2.61. The Morgan fingerprint density at radius 1 is 1.08 bits per heavy atom. The molecular formula is C10H20N2. The standard InChI is InChI=1S/C10H20N2/c1-10(2,3)12-8-5-9(12)7-11(4)6-8/h8-9H,5-7H2,1-4H3/t8-,9+. The molecule has 0 saturated carbocycles. The molecule has 3 aliphatic rings. The first-order valence-electron chi connectivity index (χ1n) is 4.95. The molecule has 3 fully saturated rings. The van der Waals surface area contributed by atoms with Crippen LogP contribution in [0, 0.1) is 0 Å². The molecule has 3 saturated heterocycles. The minimum Gasteiger partial charge on any atom is -0.303 e. The molecule has 0 aromatic carbocycles. The van der Waals surface area contributed by atoms with Crippen molar-refractivity contribution in [1.29, 1.82) is 0 Å². The molecule has 2 nitrogen and oxygen atoms in total. The Labute approximate surface area is 75.5 Å². The van der Waals surface area contributed by atoms with Crippen molar-refractivity contribution in [2.45, 2.75) is 44.8 Å². The van der Waals surface area contributed by atoms with Gasteiger partial charge in [-0.05, 0) is 34.2 Å². The van der Waals surface area contributed by atoms with Gasteiger partial charge in [-0.2, -0.15) is 0 Å². The molecule has 2 atom stereocenters. The Morgan fingerprint density at radius 2 is 1.58 bits per heavy atom. The maximum atomic E-state index is 2.69. The van der Waals surface area contributed by atoms with Crippen LogP contribution in [0.25, 0.3) is 0 Å². The van der Waals surface area contributed by atoms with E-state index >= 15 is 0 Å². The van der Waals surface area contributed by atoms with Gasteiger partial charge in [-0.25, -0.2) is 0 Å². The Morgan fingerprint density at radius 3 is 2.00 bits per heavy atom. The highest BCUT2D eigenvalue weighted by Gasteiger charge is 2.47. The Bertz CT molecular complexity index is 171. The lowest BCUT2D eigenvalue weighted by atomic mass is 9.82. The van der Waals surface area contributed by atoms with E-state index in [2.05, 4.69) is 37.6 Å². The SMILES string of the molecule is CN1C[C@H]2C[C@@H](C1)N2C(C)(C)C. The van der Waals surface area contributed by atoms with E-state index in [9.17, 15) is 0 Å². The average molecular weight is 168 g/mol. The van der Waals surface area contributed by atoms with Crippen molar-refractivity contribution in [3.63, 3.8) is 0 Å². The van der Waals surface area contributed by atoms with Crippen molar-refractivity contribution in [1.82, 2.24) is 9.80 Å². The van der Waals surface area contributed by atoms with Gasteiger partial charge < -0.3 is 4.90 Å². The van der Waals surface area contributed by atoms with Crippen molar-refractivity contribution in [3.05, 3.63) is 0 Å². The molecule has 0 aromatic rings. The molecule has 2 bridgehead atoms. The Hall–Kier alpha value is -0.0800. The molecule has 0 aliphatic carbocycles. The highest BCUT2D eigenvalue weighted by Crippen LogP contribution is 2.37. The minimum atomic E-state index is 0.384. The molecule has 70 valence electrons. The monoisotopic (exact) mass is 168 g/mol. The van der Waals surface area contributed by atoms with Gasteiger partial charge in [0, 0.05) is 30.7 Å². The van der Waals surface area contributed by atoms with E-state index < -0.39 is 0 Å². The van der Waals surface area contributed by atoms with Crippen LogP contribution in [0.2, 0.25) is 0 Å². The van der Waals surface area contributed by atoms with Crippen LogP contribution in [0.15, 0.2) is 0 Å². The van der Waals surface area contributed by atoms with E-state index in [1.807, 2.05) is 0 Å². The van der Waals surface area contributed by atoms with Gasteiger partial charge in [-0.1, -0.05) is 0 Å². The zero-order chi connectivity index (χ0) is 8.93. The second kappa shape index (κ2) is 2.46. The Kier molecular flexibility index (Phi) is 1.74. The third kappa shape index (κ3) is 1.17. The van der Waals surface area contributed by atoms with Crippen molar-refractivity contribution in [2.75, 3.05) is 20.1 Å². The van der Waals surface area contributed by atoms with Gasteiger partial charge in [-0.3, -0.25) is 4.90 Å². The van der Waals surface area contributed by atoms with Gasteiger partial charge in [0.05, 0.1) is 0 Å². The van der Waals surface area contributed by atoms with Crippen LogP contribution in [0.5, 0.6) is 0 Å². The van der Waals surface area contributed by atoms with Gasteiger partial charge in [-0.15, -0.1) is 0 Å². The van der Waals surface area contributed by atoms with Crippen molar-refractivity contribution >= 4 is 0 Å². The molecular weight excluding hydrogens is 148 g/mol. The number of piperazine rings is 1. The van der Waals surface area contributed by atoms with E-state index in [1.165, 1.54) is 19.5 Å². The fourth-order valence-electron chi connectivity index (χ4n) is 2.92. The van der Waals surface area contributed by atoms with E-state index in [-0.39, 0.29) is 0 Å². The van der Waals surface area contributed by atoms with Gasteiger partial charge in [0.25, 0.3) is 0 Å². The zero-order valence-electron chi connectivity index (χ0n) is 8.67. The number of nitrogens with zero attached hydrogens (tertiary/aromatic N) is 2. The lowest BCUT2D eigenvalue weighted by molar-refractivity contribution is -0.113. The average Bonchev–Trinajstić information content (AvgIpc) is 1.81. The smallest absolute Gasteiger partial charge is 0.0247 e. The first kappa shape index (κ1) is 8.52. The first-order chi connectivity index (χ1) is 5.48. The summed E-state index contributed by atoms with van der Waals surface area (Å²) in [5, 5.41) is 0. The summed E-state index contributed by atoms with van der Waals surface area (Å²) in [4.78, 5) is 5.15. The normalized spacial score (nSPS) is 38.0. The predicted molar refractivity (Wildman–Crippen MR) is 51.3 cm³/mol. The second-order valence-electron chi connectivity index (χ2n) is 5.34. The molecule has 0 amide bonds. The molecule has 3 heterocycles. The largest absolute Gasteiger partial charge is 0.303 e. The van der Waals surface area contributed by atoms with E-state index in [1.54, 1.807) is 0 Å². The summed E-state index contributed by atoms with van der Waals surface area (Å²) in [5.74, 6) is 0. The number of hydrogen-bond acceptors (Lipinski definition) is 2. The summed E-state index contributed by atoms with van der Waals surface area (Å²) in [5.41, 5.74) is 0.384. The first-order valence-corrected chi connectivity index (χ1v) is 4.95. The summed E-state index contributed by atoms with van der Waals surface area (Å²) in [6.45, 7) is 9.54. The lowest BCUT2D eigenvalue weighted by Crippen LogP contribution is -2.72. The van der Waals surface area contributed by atoms with Crippen LogP contribution < -0.4 is 0 Å². The van der Waals surface area contributed by atoms with Crippen LogP contribution in [0.1, 0.15) is 27.2 Å². The molecule has 0 N–H and O–H groups in total. The molecule has 3 rings (SSSR count). The zero-order valence-corrected chi connectivity index (χ0v) is 8.67. The highest BCUT2D eigenvalue weighted by molar-refractivity contribution is 5.04. The van der Waals surface area contributed by atoms with E-state index in [0.29, 0.717) is 5.54 Å². The maximum absolute atomic E-state index is 2.69. The number of hydrogen-bond donors (Lipinski definition) is 0. The number of piperidine rings is 1. The quantitative estimate of drug-likeness (QED) is 0.536. The summed E-state index contributed by atoms with van der Waals surface area (Å²) < 4.78 is 0. The fourth-order valence-corrected chi connectivity index (χ4v) is 2.92. The maximum Gasteiger partial charge on any atom is 0.0247 e. The third-order valence-electron chi connectivity index (χ3n) is 3.15. The van der Waals surface area contributed by atoms with Crippen molar-refractivity contribution in [2.24, 2.45) is 0 Å². The number of rotatable bonds is 0. The van der Waals surface area contributed by atoms with Crippen LogP contribution >= 0.6 is 0 Å². The predicted octanol–water partition coefficient (Wildman–Crippen LogP) is 1.17. The molecule has 3 aliphatic heterocycles. The minimum absolute atomic E-state index is 0.384. The van der Waals surface area contributed by atoms with Crippen LogP contribution in [-0.4, -0.2) is 47.6 Å². The van der Waals surface area contributed by atoms with Gasteiger partial charge in [0.1, 0.15) is 0 Å². The molecule has 12 heavy (non-hydrogen) atoms. The van der Waals surface area contributed by atoms with E-state index in [4.69, 9.17) is 0 Å². The van der Waals surface area contributed by atoms with Crippen molar-refractivity contribution in [3.8, 4) is 0 Å². The van der Waals surface area contributed by atoms with Crippen LogP contribution in [0.3, 0.4) is 0 Å². The molecule has 2 heteroatoms. The van der Waals surface area contributed by atoms with Crippen molar-refractivity contribution < 1.29 is 0 Å². The molecule has 0 radical (unpaired) electrons.